The summed E-state index contributed by atoms with van der Waals surface area (Å²) in [7, 11) is 0. The smallest absolute Gasteiger partial charge is 0.146 e. The molecule has 2 aromatic heterocycles. The average Bonchev–Trinajstić information content (AvgIpc) is 3.59. The Kier molecular flexibility index (Phi) is 7.23. The Balaban J connectivity index is 1.32. The average molecular weight is 500 g/mol. The SMILES string of the molecule is c1ccc(-c2csc3nc(CN4CCOCC4)nc(NCc4ccccc4CN4CCCC4)c23)cc1. The van der Waals surface area contributed by atoms with Crippen molar-refractivity contribution in [1.82, 2.24) is 19.8 Å². The first-order valence-electron chi connectivity index (χ1n) is 13.0. The van der Waals surface area contributed by atoms with Gasteiger partial charge in [0.05, 0.1) is 25.1 Å². The molecule has 0 saturated carbocycles. The third-order valence-electron chi connectivity index (χ3n) is 7.19. The number of thiophene rings is 1. The molecule has 2 fully saturated rings. The summed E-state index contributed by atoms with van der Waals surface area (Å²) in [6, 6.07) is 19.4. The highest BCUT2D eigenvalue weighted by atomic mass is 32.1. The van der Waals surface area contributed by atoms with Crippen molar-refractivity contribution in [2.75, 3.05) is 44.7 Å². The van der Waals surface area contributed by atoms with Crippen molar-refractivity contribution in [2.24, 2.45) is 0 Å². The van der Waals surface area contributed by atoms with Gasteiger partial charge >= 0.3 is 0 Å². The number of fused-ring (bicyclic) bond motifs is 1. The van der Waals surface area contributed by atoms with E-state index in [0.717, 1.165) is 67.8 Å². The van der Waals surface area contributed by atoms with E-state index in [-0.39, 0.29) is 0 Å². The van der Waals surface area contributed by atoms with Crippen LogP contribution >= 0.6 is 11.3 Å². The lowest BCUT2D eigenvalue weighted by Crippen LogP contribution is -2.36. The highest BCUT2D eigenvalue weighted by Gasteiger charge is 2.19. The van der Waals surface area contributed by atoms with Gasteiger partial charge in [-0.15, -0.1) is 11.3 Å². The molecule has 6 rings (SSSR count). The van der Waals surface area contributed by atoms with E-state index in [4.69, 9.17) is 14.7 Å². The minimum atomic E-state index is 0.747. The van der Waals surface area contributed by atoms with Crippen LogP contribution in [0.3, 0.4) is 0 Å². The van der Waals surface area contributed by atoms with Crippen molar-refractivity contribution in [3.8, 4) is 11.1 Å². The molecule has 0 atom stereocenters. The van der Waals surface area contributed by atoms with Crippen molar-refractivity contribution in [2.45, 2.75) is 32.5 Å². The Morgan fingerprint density at radius 1 is 0.806 bits per heavy atom. The van der Waals surface area contributed by atoms with Gasteiger partial charge in [0.1, 0.15) is 16.5 Å². The number of benzene rings is 2. The fourth-order valence-corrected chi connectivity index (χ4v) is 6.18. The number of morpholine rings is 1. The van der Waals surface area contributed by atoms with E-state index in [1.807, 2.05) is 0 Å². The molecule has 4 aromatic rings. The summed E-state index contributed by atoms with van der Waals surface area (Å²) in [6.45, 7) is 8.32. The Labute approximate surface area is 216 Å². The molecule has 7 heteroatoms. The molecule has 0 spiro atoms. The molecule has 0 unspecified atom stereocenters. The van der Waals surface area contributed by atoms with E-state index < -0.39 is 0 Å². The van der Waals surface area contributed by atoms with E-state index in [9.17, 15) is 0 Å². The van der Waals surface area contributed by atoms with Gasteiger partial charge in [-0.3, -0.25) is 9.80 Å². The third-order valence-corrected chi connectivity index (χ3v) is 8.06. The van der Waals surface area contributed by atoms with Gasteiger partial charge in [0.25, 0.3) is 0 Å². The highest BCUT2D eigenvalue weighted by Crippen LogP contribution is 2.37. The number of hydrogen-bond acceptors (Lipinski definition) is 7. The molecule has 2 aliphatic heterocycles. The maximum absolute atomic E-state index is 5.53. The lowest BCUT2D eigenvalue weighted by Gasteiger charge is -2.26. The summed E-state index contributed by atoms with van der Waals surface area (Å²) in [6.07, 6.45) is 2.62. The number of hydrogen-bond donors (Lipinski definition) is 1. The predicted octanol–water partition coefficient (Wildman–Crippen LogP) is 5.40. The van der Waals surface area contributed by atoms with Crippen LogP contribution in [0, 0.1) is 0 Å². The summed E-state index contributed by atoms with van der Waals surface area (Å²) in [4.78, 5) is 16.1. The number of nitrogens with zero attached hydrogens (tertiary/aromatic N) is 4. The molecule has 2 aromatic carbocycles. The van der Waals surface area contributed by atoms with Crippen molar-refractivity contribution in [3.63, 3.8) is 0 Å². The third kappa shape index (κ3) is 5.30. The van der Waals surface area contributed by atoms with Gasteiger partial charge in [-0.25, -0.2) is 9.97 Å². The van der Waals surface area contributed by atoms with Crippen molar-refractivity contribution in [1.29, 1.82) is 0 Å². The van der Waals surface area contributed by atoms with Crippen LogP contribution < -0.4 is 5.32 Å². The second kappa shape index (κ2) is 11.0. The number of aromatic nitrogens is 2. The summed E-state index contributed by atoms with van der Waals surface area (Å²) in [5, 5.41) is 7.08. The first kappa shape index (κ1) is 23.6. The number of ether oxygens (including phenoxy) is 1. The summed E-state index contributed by atoms with van der Waals surface area (Å²) in [5.74, 6) is 1.80. The second-order valence-electron chi connectivity index (χ2n) is 9.68. The zero-order chi connectivity index (χ0) is 24.2. The van der Waals surface area contributed by atoms with E-state index in [1.165, 1.54) is 48.2 Å². The first-order chi connectivity index (χ1) is 17.8. The Hall–Kier alpha value is -2.84. The lowest BCUT2D eigenvalue weighted by atomic mass is 10.1. The quantitative estimate of drug-likeness (QED) is 0.350. The molecule has 2 aliphatic rings. The molecule has 2 saturated heterocycles. The maximum atomic E-state index is 5.53. The molecule has 0 amide bonds. The zero-order valence-corrected chi connectivity index (χ0v) is 21.5. The molecular weight excluding hydrogens is 466 g/mol. The van der Waals surface area contributed by atoms with Crippen LogP contribution in [0.15, 0.2) is 60.0 Å². The van der Waals surface area contributed by atoms with Crippen LogP contribution in [0.25, 0.3) is 21.3 Å². The van der Waals surface area contributed by atoms with Crippen molar-refractivity contribution >= 4 is 27.4 Å². The predicted molar refractivity (Wildman–Crippen MR) is 147 cm³/mol. The maximum Gasteiger partial charge on any atom is 0.146 e. The van der Waals surface area contributed by atoms with Crippen molar-refractivity contribution in [3.05, 3.63) is 76.9 Å². The molecule has 0 bridgehead atoms. The number of nitrogens with one attached hydrogen (secondary N) is 1. The van der Waals surface area contributed by atoms with Crippen molar-refractivity contribution < 1.29 is 4.74 Å². The molecule has 36 heavy (non-hydrogen) atoms. The number of likely N-dealkylation sites (tertiary alicyclic amines) is 1. The lowest BCUT2D eigenvalue weighted by molar-refractivity contribution is 0.0331. The van der Waals surface area contributed by atoms with Crippen LogP contribution in [0.4, 0.5) is 5.82 Å². The molecule has 0 radical (unpaired) electrons. The van der Waals surface area contributed by atoms with E-state index in [2.05, 4.69) is 75.1 Å². The topological polar surface area (TPSA) is 53.5 Å². The van der Waals surface area contributed by atoms with E-state index in [0.29, 0.717) is 0 Å². The summed E-state index contributed by atoms with van der Waals surface area (Å²) in [5.41, 5.74) is 5.13. The Morgan fingerprint density at radius 3 is 2.33 bits per heavy atom. The molecule has 0 aliphatic carbocycles. The monoisotopic (exact) mass is 499 g/mol. The Morgan fingerprint density at radius 2 is 1.53 bits per heavy atom. The van der Waals surface area contributed by atoms with Gasteiger partial charge in [0.15, 0.2) is 0 Å². The zero-order valence-electron chi connectivity index (χ0n) is 20.7. The van der Waals surface area contributed by atoms with Gasteiger partial charge in [-0.05, 0) is 42.6 Å². The van der Waals surface area contributed by atoms with Gasteiger partial charge in [0.2, 0.25) is 0 Å². The van der Waals surface area contributed by atoms with E-state index in [1.54, 1.807) is 11.3 Å². The number of anilines is 1. The van der Waals surface area contributed by atoms with Crippen LogP contribution in [-0.4, -0.2) is 59.2 Å². The van der Waals surface area contributed by atoms with Crippen LogP contribution in [0.5, 0.6) is 0 Å². The molecule has 6 nitrogen and oxygen atoms in total. The van der Waals surface area contributed by atoms with Gasteiger partial charge in [-0.2, -0.15) is 0 Å². The van der Waals surface area contributed by atoms with Gasteiger partial charge < -0.3 is 10.1 Å². The van der Waals surface area contributed by atoms with Gasteiger partial charge in [0, 0.05) is 37.1 Å². The molecule has 4 heterocycles. The molecule has 186 valence electrons. The molecule has 1 N–H and O–H groups in total. The largest absolute Gasteiger partial charge is 0.379 e. The standard InChI is InChI=1S/C29H33N5OS/c1-2-8-22(9-3-1)25-21-36-29-27(25)28(31-26(32-29)20-34-14-16-35-17-15-34)30-18-23-10-4-5-11-24(23)19-33-12-6-7-13-33/h1-5,8-11,21H,6-7,12-20H2,(H,30,31,32). The molecular formula is C29H33N5OS. The number of rotatable bonds is 8. The Bertz CT molecular complexity index is 1300. The minimum Gasteiger partial charge on any atom is -0.379 e. The summed E-state index contributed by atoms with van der Waals surface area (Å²) < 4.78 is 5.53. The minimum absolute atomic E-state index is 0.747. The van der Waals surface area contributed by atoms with Gasteiger partial charge in [-0.1, -0.05) is 54.6 Å². The van der Waals surface area contributed by atoms with E-state index >= 15 is 0 Å². The van der Waals surface area contributed by atoms with Crippen LogP contribution in [0.2, 0.25) is 0 Å². The second-order valence-corrected chi connectivity index (χ2v) is 10.5. The fourth-order valence-electron chi connectivity index (χ4n) is 5.22. The van der Waals surface area contributed by atoms with Crippen LogP contribution in [-0.2, 0) is 24.4 Å². The normalized spacial score (nSPS) is 17.1. The summed E-state index contributed by atoms with van der Waals surface area (Å²) >= 11 is 1.70. The van der Waals surface area contributed by atoms with Crippen LogP contribution in [0.1, 0.15) is 29.8 Å². The highest BCUT2D eigenvalue weighted by molar-refractivity contribution is 7.17. The first-order valence-corrected chi connectivity index (χ1v) is 13.9. The fraction of sp³-hybridized carbons (Fsp3) is 0.379.